The SMILES string of the molecule is COc1cccc([C@H]2C[C@@]2(C(=O)NS(=O)(=O)c2cccc3nc(C)ccc23)c2cc(C)ccc2OC)c1. The number of nitrogens with one attached hydrogen (secondary N) is 1. The van der Waals surface area contributed by atoms with E-state index < -0.39 is 21.3 Å². The van der Waals surface area contributed by atoms with E-state index in [0.29, 0.717) is 34.4 Å². The second kappa shape index (κ2) is 9.19. The number of aromatic nitrogens is 1. The Morgan fingerprint density at radius 2 is 1.76 bits per heavy atom. The maximum absolute atomic E-state index is 14.0. The van der Waals surface area contributed by atoms with Crippen molar-refractivity contribution >= 4 is 26.8 Å². The molecule has 1 saturated carbocycles. The smallest absolute Gasteiger partial charge is 0.264 e. The van der Waals surface area contributed by atoms with Crippen molar-refractivity contribution in [2.45, 2.75) is 36.5 Å². The van der Waals surface area contributed by atoms with Crippen LogP contribution in [0.15, 0.2) is 77.7 Å². The first-order valence-corrected chi connectivity index (χ1v) is 13.4. The van der Waals surface area contributed by atoms with Crippen LogP contribution in [0.4, 0.5) is 0 Å². The number of hydrogen-bond donors (Lipinski definition) is 1. The molecule has 1 aliphatic carbocycles. The van der Waals surface area contributed by atoms with E-state index in [1.807, 2.05) is 56.3 Å². The van der Waals surface area contributed by atoms with Crippen LogP contribution in [0.5, 0.6) is 11.5 Å². The lowest BCUT2D eigenvalue weighted by Crippen LogP contribution is -2.40. The zero-order valence-corrected chi connectivity index (χ0v) is 21.9. The minimum atomic E-state index is -4.20. The maximum Gasteiger partial charge on any atom is 0.264 e. The number of pyridine rings is 1. The average Bonchev–Trinajstić information content (AvgIpc) is 3.65. The van der Waals surface area contributed by atoms with Gasteiger partial charge in [-0.05, 0) is 68.3 Å². The van der Waals surface area contributed by atoms with Crippen molar-refractivity contribution in [3.05, 3.63) is 95.2 Å². The number of sulfonamides is 1. The number of carbonyl (C=O) groups is 1. The van der Waals surface area contributed by atoms with Crippen molar-refractivity contribution in [2.24, 2.45) is 0 Å². The number of methoxy groups -OCH3 is 2. The van der Waals surface area contributed by atoms with Gasteiger partial charge in [0.05, 0.1) is 30.0 Å². The Morgan fingerprint density at radius 1 is 0.973 bits per heavy atom. The Kier molecular flexibility index (Phi) is 6.15. The Morgan fingerprint density at radius 3 is 2.51 bits per heavy atom. The van der Waals surface area contributed by atoms with E-state index in [2.05, 4.69) is 9.71 Å². The Labute approximate surface area is 216 Å². The van der Waals surface area contributed by atoms with Gasteiger partial charge in [-0.15, -0.1) is 0 Å². The predicted octanol–water partition coefficient (Wildman–Crippen LogP) is 4.80. The molecule has 0 aliphatic heterocycles. The van der Waals surface area contributed by atoms with Crippen LogP contribution in [-0.2, 0) is 20.2 Å². The van der Waals surface area contributed by atoms with E-state index in [1.165, 1.54) is 6.07 Å². The van der Waals surface area contributed by atoms with Crippen molar-refractivity contribution in [2.75, 3.05) is 14.2 Å². The third-order valence-corrected chi connectivity index (χ3v) is 8.43. The Hall–Kier alpha value is -3.91. The van der Waals surface area contributed by atoms with E-state index in [1.54, 1.807) is 38.5 Å². The molecule has 0 spiro atoms. The average molecular weight is 517 g/mol. The summed E-state index contributed by atoms with van der Waals surface area (Å²) in [6.45, 7) is 3.77. The van der Waals surface area contributed by atoms with E-state index in [0.717, 1.165) is 16.8 Å². The summed E-state index contributed by atoms with van der Waals surface area (Å²) in [6, 6.07) is 21.5. The zero-order chi connectivity index (χ0) is 26.4. The van der Waals surface area contributed by atoms with Crippen LogP contribution in [0.3, 0.4) is 0 Å². The lowest BCUT2D eigenvalue weighted by Gasteiger charge is -2.22. The topological polar surface area (TPSA) is 94.6 Å². The fourth-order valence-corrected chi connectivity index (χ4v) is 6.35. The first-order valence-electron chi connectivity index (χ1n) is 11.9. The van der Waals surface area contributed by atoms with Crippen molar-refractivity contribution in [1.82, 2.24) is 9.71 Å². The molecule has 5 rings (SSSR count). The third-order valence-electron chi connectivity index (χ3n) is 7.05. The standard InChI is InChI=1S/C29H28N2O5S/c1-18-11-14-26(36-4)23(15-18)29(17-24(29)20-7-5-8-21(16-20)35-3)28(32)31-37(33,34)27-10-6-9-25-22(27)13-12-19(2)30-25/h5-16,24H,17H2,1-4H3,(H,31,32)/t24-,29-/m1/s1. The predicted molar refractivity (Wildman–Crippen MR) is 142 cm³/mol. The molecule has 0 radical (unpaired) electrons. The molecule has 1 amide bonds. The Bertz CT molecular complexity index is 1630. The van der Waals surface area contributed by atoms with Gasteiger partial charge in [-0.25, -0.2) is 13.1 Å². The van der Waals surface area contributed by atoms with Crippen LogP contribution >= 0.6 is 0 Å². The van der Waals surface area contributed by atoms with Crippen LogP contribution in [0.2, 0.25) is 0 Å². The number of ether oxygens (including phenoxy) is 2. The summed E-state index contributed by atoms with van der Waals surface area (Å²) in [6.07, 6.45) is 0.428. The van der Waals surface area contributed by atoms with Gasteiger partial charge in [-0.3, -0.25) is 9.78 Å². The summed E-state index contributed by atoms with van der Waals surface area (Å²) >= 11 is 0. The van der Waals surface area contributed by atoms with Crippen molar-refractivity contribution in [1.29, 1.82) is 0 Å². The largest absolute Gasteiger partial charge is 0.497 e. The molecule has 1 aliphatic rings. The monoisotopic (exact) mass is 516 g/mol. The highest BCUT2D eigenvalue weighted by molar-refractivity contribution is 7.90. The maximum atomic E-state index is 14.0. The number of aryl methyl sites for hydroxylation is 2. The summed E-state index contributed by atoms with van der Waals surface area (Å²) in [5.74, 6) is 0.348. The molecule has 0 unspecified atom stereocenters. The third kappa shape index (κ3) is 4.31. The summed E-state index contributed by atoms with van der Waals surface area (Å²) in [4.78, 5) is 18.5. The molecule has 37 heavy (non-hydrogen) atoms. The molecule has 190 valence electrons. The molecule has 0 saturated heterocycles. The van der Waals surface area contributed by atoms with E-state index >= 15 is 0 Å². The highest BCUT2D eigenvalue weighted by Crippen LogP contribution is 2.63. The highest BCUT2D eigenvalue weighted by atomic mass is 32.2. The minimum absolute atomic E-state index is 0.00999. The summed E-state index contributed by atoms with van der Waals surface area (Å²) in [5.41, 5.74) is 2.68. The number of nitrogens with zero attached hydrogens (tertiary/aromatic N) is 1. The molecule has 3 aromatic carbocycles. The van der Waals surface area contributed by atoms with Crippen LogP contribution in [0.1, 0.15) is 34.7 Å². The normalized spacial score (nSPS) is 18.9. The molecule has 1 aromatic heterocycles. The van der Waals surface area contributed by atoms with Crippen LogP contribution in [0.25, 0.3) is 10.9 Å². The summed E-state index contributed by atoms with van der Waals surface area (Å²) in [7, 11) is -1.07. The first kappa shape index (κ1) is 24.8. The number of carbonyl (C=O) groups excluding carboxylic acids is 1. The van der Waals surface area contributed by atoms with E-state index in [4.69, 9.17) is 9.47 Å². The number of benzene rings is 3. The van der Waals surface area contributed by atoms with Gasteiger partial charge in [0.2, 0.25) is 5.91 Å². The van der Waals surface area contributed by atoms with Gasteiger partial charge < -0.3 is 9.47 Å². The number of amides is 1. The molecular formula is C29H28N2O5S. The molecule has 0 bridgehead atoms. The highest BCUT2D eigenvalue weighted by Gasteiger charge is 2.63. The number of fused-ring (bicyclic) bond motifs is 1. The number of rotatable bonds is 7. The van der Waals surface area contributed by atoms with Gasteiger partial charge in [0.1, 0.15) is 11.5 Å². The van der Waals surface area contributed by atoms with Gasteiger partial charge in [0.15, 0.2) is 0 Å². The summed E-state index contributed by atoms with van der Waals surface area (Å²) in [5, 5.41) is 0.454. The molecule has 1 fully saturated rings. The molecule has 1 heterocycles. The minimum Gasteiger partial charge on any atom is -0.497 e. The number of hydrogen-bond acceptors (Lipinski definition) is 6. The summed E-state index contributed by atoms with van der Waals surface area (Å²) < 4.78 is 40.6. The zero-order valence-electron chi connectivity index (χ0n) is 21.1. The van der Waals surface area contributed by atoms with Crippen molar-refractivity contribution < 1.29 is 22.7 Å². The molecule has 1 N–H and O–H groups in total. The van der Waals surface area contributed by atoms with Gasteiger partial charge in [0.25, 0.3) is 10.0 Å². The molecule has 4 aromatic rings. The first-order chi connectivity index (χ1) is 17.7. The van der Waals surface area contributed by atoms with Crippen LogP contribution in [-0.4, -0.2) is 33.5 Å². The van der Waals surface area contributed by atoms with Crippen molar-refractivity contribution in [3.8, 4) is 11.5 Å². The van der Waals surface area contributed by atoms with Crippen LogP contribution < -0.4 is 14.2 Å². The van der Waals surface area contributed by atoms with E-state index in [9.17, 15) is 13.2 Å². The van der Waals surface area contributed by atoms with Gasteiger partial charge >= 0.3 is 0 Å². The van der Waals surface area contributed by atoms with Crippen molar-refractivity contribution in [3.63, 3.8) is 0 Å². The second-order valence-corrected chi connectivity index (χ2v) is 11.1. The van der Waals surface area contributed by atoms with Gasteiger partial charge in [0, 0.05) is 22.6 Å². The molecule has 2 atom stereocenters. The van der Waals surface area contributed by atoms with Gasteiger partial charge in [-0.2, -0.15) is 0 Å². The Balaban J connectivity index is 1.60. The fourth-order valence-electron chi connectivity index (χ4n) is 5.10. The molecular weight excluding hydrogens is 488 g/mol. The second-order valence-electron chi connectivity index (χ2n) is 9.42. The van der Waals surface area contributed by atoms with Gasteiger partial charge in [-0.1, -0.05) is 35.9 Å². The van der Waals surface area contributed by atoms with E-state index in [-0.39, 0.29) is 10.8 Å². The van der Waals surface area contributed by atoms with Crippen LogP contribution in [0, 0.1) is 13.8 Å². The fraction of sp³-hybridized carbons (Fsp3) is 0.241. The quantitative estimate of drug-likeness (QED) is 0.379. The lowest BCUT2D eigenvalue weighted by molar-refractivity contribution is -0.122. The lowest BCUT2D eigenvalue weighted by atomic mass is 9.88. The molecule has 8 heteroatoms. The molecule has 7 nitrogen and oxygen atoms in total.